The van der Waals surface area contributed by atoms with E-state index in [1.54, 1.807) is 0 Å². The first-order chi connectivity index (χ1) is 22.4. The Bertz CT molecular complexity index is 2090. The molecule has 2 fully saturated rings. The topological polar surface area (TPSA) is 32.8 Å². The van der Waals surface area contributed by atoms with E-state index in [9.17, 15) is 0 Å². The van der Waals surface area contributed by atoms with Crippen LogP contribution < -0.4 is 9.80 Å². The van der Waals surface area contributed by atoms with Gasteiger partial charge in [0.2, 0.25) is 0 Å². The summed E-state index contributed by atoms with van der Waals surface area (Å²) in [4.78, 5) is 5.11. The molecule has 2 aliphatic rings. The highest BCUT2D eigenvalue weighted by Gasteiger charge is 2.24. The molecule has 234 valence electrons. The van der Waals surface area contributed by atoms with Crippen molar-refractivity contribution in [1.82, 2.24) is 0 Å². The summed E-state index contributed by atoms with van der Waals surface area (Å²) in [6.45, 7) is 14.0. The van der Waals surface area contributed by atoms with Crippen molar-refractivity contribution in [2.75, 3.05) is 36.0 Å². The van der Waals surface area contributed by atoms with Gasteiger partial charge in [-0.15, -0.1) is 0 Å². The molecule has 0 aliphatic carbocycles. The number of rotatable bonds is 4. The number of anilines is 2. The van der Waals surface area contributed by atoms with Gasteiger partial charge < -0.3 is 18.6 Å². The summed E-state index contributed by atoms with van der Waals surface area (Å²) >= 11 is 0. The molecule has 0 atom stereocenters. The Morgan fingerprint density at radius 1 is 0.478 bits per heavy atom. The Morgan fingerprint density at radius 2 is 0.891 bits per heavy atom. The third-order valence-electron chi connectivity index (χ3n) is 11.7. The highest BCUT2D eigenvalue weighted by molar-refractivity contribution is 6.21. The highest BCUT2D eigenvalue weighted by atomic mass is 16.4. The van der Waals surface area contributed by atoms with Crippen LogP contribution in [0.5, 0.6) is 0 Å². The first-order valence-corrected chi connectivity index (χ1v) is 17.6. The molecule has 2 aromatic heterocycles. The number of hydrogen-bond acceptors (Lipinski definition) is 4. The summed E-state index contributed by atoms with van der Waals surface area (Å²) in [6.07, 6.45) is 5.11. The summed E-state index contributed by atoms with van der Waals surface area (Å²) in [5, 5.41) is 9.46. The van der Waals surface area contributed by atoms with Gasteiger partial charge >= 0.3 is 0 Å². The summed E-state index contributed by atoms with van der Waals surface area (Å²) in [6, 6.07) is 27.3. The predicted octanol–water partition coefficient (Wildman–Crippen LogP) is 11.5. The Labute approximate surface area is 270 Å². The van der Waals surface area contributed by atoms with Crippen LogP contribution >= 0.6 is 0 Å². The van der Waals surface area contributed by atoms with Crippen molar-refractivity contribution in [1.29, 1.82) is 0 Å². The van der Waals surface area contributed by atoms with E-state index >= 15 is 0 Å². The van der Waals surface area contributed by atoms with E-state index in [1.165, 1.54) is 58.6 Å². The van der Waals surface area contributed by atoms with Crippen LogP contribution in [-0.4, -0.2) is 26.2 Å². The maximum atomic E-state index is 6.64. The molecule has 0 radical (unpaired) electrons. The minimum atomic E-state index is 0.771. The van der Waals surface area contributed by atoms with Gasteiger partial charge in [0.1, 0.15) is 11.2 Å². The molecule has 0 bridgehead atoms. The minimum Gasteiger partial charge on any atom is -0.452 e. The van der Waals surface area contributed by atoms with Crippen LogP contribution in [0.2, 0.25) is 0 Å². The molecule has 0 amide bonds. The standard InChI is InChI=1S/C42H44N2O2/c1-25(2)27-11-15-43(16-12-27)33-7-5-29-21-37-35-9-10-36-38-22-30-6-8-34(44-17-13-28(14-18-44)26(3)4)20-32(30)24-40(38)46-42(36)41(35)45-39(37)23-31(29)19-33/h5-10,19-28H,11-18H2,1-4H3. The smallest absolute Gasteiger partial charge is 0.178 e. The summed E-state index contributed by atoms with van der Waals surface area (Å²) < 4.78 is 13.3. The van der Waals surface area contributed by atoms with Crippen molar-refractivity contribution in [3.8, 4) is 0 Å². The van der Waals surface area contributed by atoms with Crippen LogP contribution in [0.1, 0.15) is 53.4 Å². The molecular weight excluding hydrogens is 564 g/mol. The number of furan rings is 2. The fraction of sp³-hybridized carbons (Fsp3) is 0.381. The van der Waals surface area contributed by atoms with E-state index < -0.39 is 0 Å². The minimum absolute atomic E-state index is 0.771. The molecule has 0 unspecified atom stereocenters. The zero-order chi connectivity index (χ0) is 31.1. The lowest BCUT2D eigenvalue weighted by atomic mass is 9.86. The molecule has 4 heterocycles. The molecule has 2 saturated heterocycles. The van der Waals surface area contributed by atoms with Gasteiger partial charge in [-0.3, -0.25) is 0 Å². The number of benzene rings is 5. The molecule has 46 heavy (non-hydrogen) atoms. The number of nitrogens with zero attached hydrogens (tertiary/aromatic N) is 2. The molecule has 7 aromatic rings. The van der Waals surface area contributed by atoms with Gasteiger partial charge in [0.05, 0.1) is 0 Å². The van der Waals surface area contributed by atoms with E-state index in [1.807, 2.05) is 0 Å². The molecule has 9 rings (SSSR count). The average Bonchev–Trinajstić information content (AvgIpc) is 3.63. The number of fused-ring (bicyclic) bond motifs is 9. The maximum Gasteiger partial charge on any atom is 0.178 e. The highest BCUT2D eigenvalue weighted by Crippen LogP contribution is 2.42. The Balaban J connectivity index is 1.08. The second kappa shape index (κ2) is 10.7. The van der Waals surface area contributed by atoms with Crippen molar-refractivity contribution in [3.05, 3.63) is 72.8 Å². The van der Waals surface area contributed by atoms with Gasteiger partial charge in [0.25, 0.3) is 0 Å². The second-order valence-electron chi connectivity index (χ2n) is 14.9. The Hall–Kier alpha value is -4.18. The largest absolute Gasteiger partial charge is 0.452 e. The van der Waals surface area contributed by atoms with Crippen molar-refractivity contribution in [2.24, 2.45) is 23.7 Å². The Morgan fingerprint density at radius 3 is 1.28 bits per heavy atom. The van der Waals surface area contributed by atoms with Crippen LogP contribution in [0.15, 0.2) is 81.6 Å². The van der Waals surface area contributed by atoms with Gasteiger partial charge in [-0.1, -0.05) is 39.8 Å². The van der Waals surface area contributed by atoms with E-state index in [0.29, 0.717) is 0 Å². The first kappa shape index (κ1) is 28.1. The third-order valence-corrected chi connectivity index (χ3v) is 11.7. The lowest BCUT2D eigenvalue weighted by Gasteiger charge is -2.35. The van der Waals surface area contributed by atoms with Gasteiger partial charge in [0.15, 0.2) is 11.2 Å². The molecule has 4 nitrogen and oxygen atoms in total. The molecule has 0 saturated carbocycles. The average molecular weight is 609 g/mol. The van der Waals surface area contributed by atoms with Crippen molar-refractivity contribution < 1.29 is 8.83 Å². The van der Waals surface area contributed by atoms with Crippen molar-refractivity contribution >= 4 is 76.8 Å². The fourth-order valence-corrected chi connectivity index (χ4v) is 8.57. The first-order valence-electron chi connectivity index (χ1n) is 17.6. The summed E-state index contributed by atoms with van der Waals surface area (Å²) in [5.41, 5.74) is 6.16. The van der Waals surface area contributed by atoms with Crippen molar-refractivity contribution in [3.63, 3.8) is 0 Å². The molecule has 0 N–H and O–H groups in total. The van der Waals surface area contributed by atoms with Crippen LogP contribution in [0.25, 0.3) is 65.4 Å². The zero-order valence-corrected chi connectivity index (χ0v) is 27.6. The number of hydrogen-bond donors (Lipinski definition) is 0. The number of piperidine rings is 2. The summed E-state index contributed by atoms with van der Waals surface area (Å²) in [7, 11) is 0. The van der Waals surface area contributed by atoms with Crippen LogP contribution in [0.4, 0.5) is 11.4 Å². The van der Waals surface area contributed by atoms with Crippen LogP contribution in [-0.2, 0) is 0 Å². The van der Waals surface area contributed by atoms with Gasteiger partial charge in [-0.25, -0.2) is 0 Å². The molecule has 5 aromatic carbocycles. The monoisotopic (exact) mass is 608 g/mol. The van der Waals surface area contributed by atoms with E-state index in [0.717, 1.165) is 93.7 Å². The van der Waals surface area contributed by atoms with Crippen LogP contribution in [0.3, 0.4) is 0 Å². The SMILES string of the molecule is CC(C)C1CCN(c2ccc3cc4c(cc3c2)oc2c4ccc3c4cc5ccc(N6CCC(C(C)C)CC6)cc5cc4oc32)CC1. The maximum absolute atomic E-state index is 6.64. The van der Waals surface area contributed by atoms with Gasteiger partial charge in [-0.05, 0) is 132 Å². The third kappa shape index (κ3) is 4.55. The van der Waals surface area contributed by atoms with E-state index in [4.69, 9.17) is 8.83 Å². The van der Waals surface area contributed by atoms with E-state index in [-0.39, 0.29) is 0 Å². The zero-order valence-electron chi connectivity index (χ0n) is 27.6. The molecular formula is C42H44N2O2. The Kier molecular flexibility index (Phi) is 6.52. The van der Waals surface area contributed by atoms with Gasteiger partial charge in [0, 0.05) is 59.1 Å². The van der Waals surface area contributed by atoms with Gasteiger partial charge in [-0.2, -0.15) is 0 Å². The lowest BCUT2D eigenvalue weighted by molar-refractivity contribution is 0.311. The second-order valence-corrected chi connectivity index (χ2v) is 14.9. The van der Waals surface area contributed by atoms with Crippen LogP contribution in [0, 0.1) is 23.7 Å². The quantitative estimate of drug-likeness (QED) is 0.199. The molecule has 2 aliphatic heterocycles. The van der Waals surface area contributed by atoms with Crippen molar-refractivity contribution in [2.45, 2.75) is 53.4 Å². The fourth-order valence-electron chi connectivity index (χ4n) is 8.57. The summed E-state index contributed by atoms with van der Waals surface area (Å²) in [5.74, 6) is 3.23. The molecule has 0 spiro atoms. The normalized spacial score (nSPS) is 17.4. The lowest BCUT2D eigenvalue weighted by Crippen LogP contribution is -2.35. The molecule has 4 heteroatoms. The van der Waals surface area contributed by atoms with E-state index in [2.05, 4.69) is 110 Å². The predicted molar refractivity (Wildman–Crippen MR) is 196 cm³/mol.